The SMILES string of the molecule is CC(c1ccc(N(C)C)cc1)N1C[C@@H](C)[C@H](C(=O)O)C1. The van der Waals surface area contributed by atoms with Crippen molar-refractivity contribution >= 4 is 11.7 Å². The van der Waals surface area contributed by atoms with Crippen molar-refractivity contribution in [1.82, 2.24) is 4.90 Å². The van der Waals surface area contributed by atoms with Crippen LogP contribution in [0.4, 0.5) is 5.69 Å². The van der Waals surface area contributed by atoms with Crippen LogP contribution < -0.4 is 4.90 Å². The predicted molar refractivity (Wildman–Crippen MR) is 81.0 cm³/mol. The molecule has 4 nitrogen and oxygen atoms in total. The minimum atomic E-state index is -0.671. The zero-order chi connectivity index (χ0) is 14.9. The first-order chi connectivity index (χ1) is 9.40. The lowest BCUT2D eigenvalue weighted by Gasteiger charge is -2.25. The fraction of sp³-hybridized carbons (Fsp3) is 0.562. The Morgan fingerprint density at radius 3 is 2.35 bits per heavy atom. The number of carboxylic acid groups (broad SMARTS) is 1. The highest BCUT2D eigenvalue weighted by Crippen LogP contribution is 2.31. The number of benzene rings is 1. The van der Waals surface area contributed by atoms with Crippen LogP contribution in [0.2, 0.25) is 0 Å². The molecule has 1 aliphatic rings. The average molecular weight is 276 g/mol. The van der Waals surface area contributed by atoms with Gasteiger partial charge in [0.1, 0.15) is 0 Å². The summed E-state index contributed by atoms with van der Waals surface area (Å²) in [4.78, 5) is 15.6. The molecular weight excluding hydrogens is 252 g/mol. The highest BCUT2D eigenvalue weighted by Gasteiger charge is 2.36. The van der Waals surface area contributed by atoms with Crippen LogP contribution in [0.5, 0.6) is 0 Å². The van der Waals surface area contributed by atoms with E-state index in [0.717, 1.165) is 6.54 Å². The van der Waals surface area contributed by atoms with Crippen molar-refractivity contribution in [3.05, 3.63) is 29.8 Å². The number of carboxylic acids is 1. The minimum absolute atomic E-state index is 0.219. The molecule has 0 radical (unpaired) electrons. The summed E-state index contributed by atoms with van der Waals surface area (Å²) < 4.78 is 0. The topological polar surface area (TPSA) is 43.8 Å². The van der Waals surface area contributed by atoms with Gasteiger partial charge in [0.05, 0.1) is 5.92 Å². The van der Waals surface area contributed by atoms with Crippen LogP contribution in [0.1, 0.15) is 25.5 Å². The van der Waals surface area contributed by atoms with E-state index in [1.165, 1.54) is 11.3 Å². The summed E-state index contributed by atoms with van der Waals surface area (Å²) in [6.07, 6.45) is 0. The van der Waals surface area contributed by atoms with Gasteiger partial charge in [-0.2, -0.15) is 0 Å². The molecule has 3 atom stereocenters. The Labute approximate surface area is 121 Å². The molecule has 1 N–H and O–H groups in total. The molecule has 4 heteroatoms. The van der Waals surface area contributed by atoms with Gasteiger partial charge < -0.3 is 10.0 Å². The van der Waals surface area contributed by atoms with Crippen LogP contribution in [0.15, 0.2) is 24.3 Å². The van der Waals surface area contributed by atoms with E-state index in [4.69, 9.17) is 0 Å². The third-order valence-corrected chi connectivity index (χ3v) is 4.40. The van der Waals surface area contributed by atoms with Gasteiger partial charge in [0, 0.05) is 38.9 Å². The third kappa shape index (κ3) is 2.96. The van der Waals surface area contributed by atoms with E-state index < -0.39 is 5.97 Å². The second-order valence-electron chi connectivity index (χ2n) is 6.04. The monoisotopic (exact) mass is 276 g/mol. The number of likely N-dealkylation sites (tertiary alicyclic amines) is 1. The summed E-state index contributed by atoms with van der Waals surface area (Å²) in [5.41, 5.74) is 2.42. The van der Waals surface area contributed by atoms with Crippen LogP contribution in [-0.2, 0) is 4.79 Å². The summed E-state index contributed by atoms with van der Waals surface area (Å²) in [6, 6.07) is 8.76. The Morgan fingerprint density at radius 2 is 1.90 bits per heavy atom. The fourth-order valence-electron chi connectivity index (χ4n) is 2.90. The summed E-state index contributed by atoms with van der Waals surface area (Å²) >= 11 is 0. The first-order valence-electron chi connectivity index (χ1n) is 7.14. The summed E-state index contributed by atoms with van der Waals surface area (Å²) in [5.74, 6) is -0.690. The molecule has 1 aliphatic heterocycles. The molecule has 1 saturated heterocycles. The van der Waals surface area contributed by atoms with Gasteiger partial charge in [-0.25, -0.2) is 0 Å². The van der Waals surface area contributed by atoms with E-state index in [9.17, 15) is 9.90 Å². The van der Waals surface area contributed by atoms with Gasteiger partial charge in [0.25, 0.3) is 0 Å². The minimum Gasteiger partial charge on any atom is -0.481 e. The maximum absolute atomic E-state index is 11.2. The van der Waals surface area contributed by atoms with E-state index in [0.29, 0.717) is 6.54 Å². The number of hydrogen-bond donors (Lipinski definition) is 1. The molecule has 1 unspecified atom stereocenters. The van der Waals surface area contributed by atoms with Crippen molar-refractivity contribution in [2.45, 2.75) is 19.9 Å². The largest absolute Gasteiger partial charge is 0.481 e. The first-order valence-corrected chi connectivity index (χ1v) is 7.14. The molecule has 0 bridgehead atoms. The average Bonchev–Trinajstić information content (AvgIpc) is 2.80. The highest BCUT2D eigenvalue weighted by molar-refractivity contribution is 5.71. The zero-order valence-corrected chi connectivity index (χ0v) is 12.7. The van der Waals surface area contributed by atoms with E-state index in [1.807, 2.05) is 21.0 Å². The molecule has 1 fully saturated rings. The molecule has 1 aromatic rings. The lowest BCUT2D eigenvalue weighted by atomic mass is 9.99. The Balaban J connectivity index is 2.08. The lowest BCUT2D eigenvalue weighted by molar-refractivity contribution is -0.142. The van der Waals surface area contributed by atoms with E-state index >= 15 is 0 Å². The van der Waals surface area contributed by atoms with Gasteiger partial charge in [-0.05, 0) is 30.5 Å². The van der Waals surface area contributed by atoms with Gasteiger partial charge in [0.2, 0.25) is 0 Å². The van der Waals surface area contributed by atoms with Crippen molar-refractivity contribution in [3.8, 4) is 0 Å². The normalized spacial score (nSPS) is 24.6. The van der Waals surface area contributed by atoms with Crippen LogP contribution >= 0.6 is 0 Å². The van der Waals surface area contributed by atoms with Crippen molar-refractivity contribution in [2.75, 3.05) is 32.1 Å². The van der Waals surface area contributed by atoms with Crippen LogP contribution in [-0.4, -0.2) is 43.2 Å². The Bertz CT molecular complexity index is 470. The Kier molecular flexibility index (Phi) is 4.33. The van der Waals surface area contributed by atoms with Crippen molar-refractivity contribution in [2.24, 2.45) is 11.8 Å². The number of aliphatic carboxylic acids is 1. The first kappa shape index (κ1) is 14.9. The number of anilines is 1. The van der Waals surface area contributed by atoms with Crippen LogP contribution in [0.25, 0.3) is 0 Å². The van der Waals surface area contributed by atoms with Crippen LogP contribution in [0, 0.1) is 11.8 Å². The maximum Gasteiger partial charge on any atom is 0.308 e. The maximum atomic E-state index is 11.2. The number of rotatable bonds is 4. The molecular formula is C16H24N2O2. The number of nitrogens with zero attached hydrogens (tertiary/aromatic N) is 2. The van der Waals surface area contributed by atoms with Crippen LogP contribution in [0.3, 0.4) is 0 Å². The molecule has 110 valence electrons. The second kappa shape index (κ2) is 5.83. The second-order valence-corrected chi connectivity index (χ2v) is 6.04. The standard InChI is InChI=1S/C16H24N2O2/c1-11-9-18(10-15(11)16(19)20)12(2)13-5-7-14(8-6-13)17(3)4/h5-8,11-12,15H,9-10H2,1-4H3,(H,19,20)/t11-,12?,15-/m1/s1. The summed E-state index contributed by atoms with van der Waals surface area (Å²) in [7, 11) is 4.05. The van der Waals surface area contributed by atoms with E-state index in [2.05, 4.69) is 41.0 Å². The van der Waals surface area contributed by atoms with Crippen molar-refractivity contribution in [3.63, 3.8) is 0 Å². The molecule has 0 aliphatic carbocycles. The summed E-state index contributed by atoms with van der Waals surface area (Å²) in [5, 5.41) is 9.22. The van der Waals surface area contributed by atoms with E-state index in [-0.39, 0.29) is 17.9 Å². The Morgan fingerprint density at radius 1 is 1.30 bits per heavy atom. The number of hydrogen-bond acceptors (Lipinski definition) is 3. The van der Waals surface area contributed by atoms with E-state index in [1.54, 1.807) is 0 Å². The molecule has 1 aromatic carbocycles. The zero-order valence-electron chi connectivity index (χ0n) is 12.7. The molecule has 1 heterocycles. The van der Waals surface area contributed by atoms with Gasteiger partial charge in [-0.3, -0.25) is 9.69 Å². The molecule has 2 rings (SSSR count). The van der Waals surface area contributed by atoms with Gasteiger partial charge in [-0.15, -0.1) is 0 Å². The van der Waals surface area contributed by atoms with Crippen molar-refractivity contribution < 1.29 is 9.90 Å². The molecule has 20 heavy (non-hydrogen) atoms. The van der Waals surface area contributed by atoms with Gasteiger partial charge >= 0.3 is 5.97 Å². The lowest BCUT2D eigenvalue weighted by Crippen LogP contribution is -2.26. The molecule has 0 amide bonds. The summed E-state index contributed by atoms with van der Waals surface area (Å²) in [6.45, 7) is 5.68. The number of carbonyl (C=O) groups is 1. The smallest absolute Gasteiger partial charge is 0.308 e. The quantitative estimate of drug-likeness (QED) is 0.917. The van der Waals surface area contributed by atoms with Gasteiger partial charge in [0.15, 0.2) is 0 Å². The predicted octanol–water partition coefficient (Wildman–Crippen LogP) is 2.47. The molecule has 0 saturated carbocycles. The van der Waals surface area contributed by atoms with Crippen molar-refractivity contribution in [1.29, 1.82) is 0 Å². The van der Waals surface area contributed by atoms with Gasteiger partial charge in [-0.1, -0.05) is 19.1 Å². The molecule has 0 spiro atoms. The Hall–Kier alpha value is -1.55. The highest BCUT2D eigenvalue weighted by atomic mass is 16.4. The third-order valence-electron chi connectivity index (χ3n) is 4.40. The fourth-order valence-corrected chi connectivity index (χ4v) is 2.90. The molecule has 0 aromatic heterocycles.